The Kier molecular flexibility index (Phi) is 2.61. The van der Waals surface area contributed by atoms with Crippen molar-refractivity contribution in [2.24, 2.45) is 0 Å². The van der Waals surface area contributed by atoms with Crippen LogP contribution in [0.25, 0.3) is 10.8 Å². The molecule has 0 radical (unpaired) electrons. The van der Waals surface area contributed by atoms with E-state index in [1.165, 1.54) is 11.3 Å². The van der Waals surface area contributed by atoms with Gasteiger partial charge in [-0.2, -0.15) is 0 Å². The maximum atomic E-state index is 12.3. The minimum absolute atomic E-state index is 0.00625. The summed E-state index contributed by atoms with van der Waals surface area (Å²) in [5.41, 5.74) is 7.09. The lowest BCUT2D eigenvalue weighted by Crippen LogP contribution is -2.03. The van der Waals surface area contributed by atoms with Crippen molar-refractivity contribution in [2.75, 3.05) is 5.73 Å². The van der Waals surface area contributed by atoms with Gasteiger partial charge in [-0.1, -0.05) is 30.3 Å². The van der Waals surface area contributed by atoms with Crippen LogP contribution in [0.1, 0.15) is 15.2 Å². The van der Waals surface area contributed by atoms with Crippen LogP contribution in [0, 0.1) is 0 Å². The van der Waals surface area contributed by atoms with E-state index in [0.29, 0.717) is 11.3 Å². The lowest BCUT2D eigenvalue weighted by Gasteiger charge is -2.06. The van der Waals surface area contributed by atoms with E-state index >= 15 is 0 Å². The van der Waals surface area contributed by atoms with E-state index in [1.54, 1.807) is 0 Å². The van der Waals surface area contributed by atoms with Crippen LogP contribution in [-0.4, -0.2) is 5.78 Å². The Balaban J connectivity index is 2.17. The molecule has 2 N–H and O–H groups in total. The molecule has 88 valence electrons. The van der Waals surface area contributed by atoms with E-state index in [0.717, 1.165) is 15.6 Å². The van der Waals surface area contributed by atoms with Gasteiger partial charge >= 0.3 is 0 Å². The minimum Gasteiger partial charge on any atom is -0.398 e. The normalized spacial score (nSPS) is 10.7. The number of carbonyl (C=O) groups is 1. The van der Waals surface area contributed by atoms with Gasteiger partial charge in [0.1, 0.15) is 0 Å². The zero-order valence-electron chi connectivity index (χ0n) is 9.59. The molecule has 0 aliphatic heterocycles. The molecule has 0 saturated carbocycles. The molecular weight excluding hydrogens is 242 g/mol. The molecule has 2 nitrogen and oxygen atoms in total. The molecule has 1 aromatic heterocycles. The summed E-state index contributed by atoms with van der Waals surface area (Å²) in [6.07, 6.45) is 0. The Bertz CT molecular complexity index is 716. The minimum atomic E-state index is -0.00625. The first-order valence-corrected chi connectivity index (χ1v) is 6.50. The lowest BCUT2D eigenvalue weighted by atomic mass is 10.0. The first kappa shape index (κ1) is 11.0. The number of carbonyl (C=O) groups excluding carboxylic acids is 1. The summed E-state index contributed by atoms with van der Waals surface area (Å²) < 4.78 is 0. The number of benzene rings is 2. The molecular formula is C15H11NOS. The summed E-state index contributed by atoms with van der Waals surface area (Å²) in [6.45, 7) is 0. The van der Waals surface area contributed by atoms with Gasteiger partial charge in [-0.15, -0.1) is 11.3 Å². The van der Waals surface area contributed by atoms with Gasteiger partial charge in [0.2, 0.25) is 5.78 Å². The summed E-state index contributed by atoms with van der Waals surface area (Å²) in [4.78, 5) is 13.0. The van der Waals surface area contributed by atoms with Gasteiger partial charge in [-0.25, -0.2) is 0 Å². The second kappa shape index (κ2) is 4.27. The number of nitrogens with two attached hydrogens (primary N) is 1. The first-order valence-electron chi connectivity index (χ1n) is 5.62. The van der Waals surface area contributed by atoms with Gasteiger partial charge in [-0.3, -0.25) is 4.79 Å². The molecule has 1 heterocycles. The summed E-state index contributed by atoms with van der Waals surface area (Å²) in [5, 5.41) is 3.98. The monoisotopic (exact) mass is 253 g/mol. The van der Waals surface area contributed by atoms with Crippen molar-refractivity contribution >= 4 is 33.6 Å². The summed E-state index contributed by atoms with van der Waals surface area (Å²) in [6, 6.07) is 15.3. The van der Waals surface area contributed by atoms with Crippen molar-refractivity contribution in [1.29, 1.82) is 0 Å². The predicted octanol–water partition coefficient (Wildman–Crippen LogP) is 3.71. The summed E-state index contributed by atoms with van der Waals surface area (Å²) in [5.74, 6) is -0.00625. The second-order valence-electron chi connectivity index (χ2n) is 4.09. The van der Waals surface area contributed by atoms with Crippen LogP contribution in [0.4, 0.5) is 5.69 Å². The van der Waals surface area contributed by atoms with Crippen molar-refractivity contribution < 1.29 is 4.79 Å². The first-order chi connectivity index (χ1) is 8.75. The molecule has 3 rings (SSSR count). The largest absolute Gasteiger partial charge is 0.398 e. The van der Waals surface area contributed by atoms with Crippen molar-refractivity contribution in [2.45, 2.75) is 0 Å². The number of thiophene rings is 1. The molecule has 0 bridgehead atoms. The topological polar surface area (TPSA) is 43.1 Å². The average molecular weight is 253 g/mol. The highest BCUT2D eigenvalue weighted by Crippen LogP contribution is 2.25. The van der Waals surface area contributed by atoms with Crippen LogP contribution >= 0.6 is 11.3 Å². The number of ketones is 1. The smallest absolute Gasteiger partial charge is 0.205 e. The van der Waals surface area contributed by atoms with E-state index in [2.05, 4.69) is 0 Å². The van der Waals surface area contributed by atoms with Gasteiger partial charge in [0, 0.05) is 11.3 Å². The number of nitrogen functional groups attached to an aromatic ring is 1. The SMILES string of the molecule is Nc1cc2ccccc2cc1C(=O)c1cccs1. The van der Waals surface area contributed by atoms with Crippen LogP contribution in [-0.2, 0) is 0 Å². The zero-order valence-corrected chi connectivity index (χ0v) is 10.4. The van der Waals surface area contributed by atoms with Crippen LogP contribution in [0.5, 0.6) is 0 Å². The van der Waals surface area contributed by atoms with Crippen LogP contribution < -0.4 is 5.73 Å². The fraction of sp³-hybridized carbons (Fsp3) is 0. The molecule has 0 aliphatic carbocycles. The number of hydrogen-bond acceptors (Lipinski definition) is 3. The Morgan fingerprint density at radius 3 is 2.39 bits per heavy atom. The lowest BCUT2D eigenvalue weighted by molar-refractivity contribution is 0.104. The highest BCUT2D eigenvalue weighted by molar-refractivity contribution is 7.12. The molecule has 18 heavy (non-hydrogen) atoms. The molecule has 0 amide bonds. The highest BCUT2D eigenvalue weighted by Gasteiger charge is 2.13. The summed E-state index contributed by atoms with van der Waals surface area (Å²) >= 11 is 1.43. The van der Waals surface area contributed by atoms with E-state index in [9.17, 15) is 4.79 Å². The maximum absolute atomic E-state index is 12.3. The van der Waals surface area contributed by atoms with Gasteiger partial charge < -0.3 is 5.73 Å². The third-order valence-corrected chi connectivity index (χ3v) is 3.78. The molecule has 0 spiro atoms. The quantitative estimate of drug-likeness (QED) is 0.559. The summed E-state index contributed by atoms with van der Waals surface area (Å²) in [7, 11) is 0. The Labute approximate surface area is 109 Å². The fourth-order valence-electron chi connectivity index (χ4n) is 2.00. The zero-order chi connectivity index (χ0) is 12.5. The van der Waals surface area contributed by atoms with Gasteiger partial charge in [0.05, 0.1) is 4.88 Å². The van der Waals surface area contributed by atoms with Crippen molar-refractivity contribution in [3.8, 4) is 0 Å². The molecule has 0 aliphatic rings. The van der Waals surface area contributed by atoms with Crippen molar-refractivity contribution in [3.63, 3.8) is 0 Å². The average Bonchev–Trinajstić information content (AvgIpc) is 2.91. The number of rotatable bonds is 2. The highest BCUT2D eigenvalue weighted by atomic mass is 32.1. The van der Waals surface area contributed by atoms with Crippen LogP contribution in [0.3, 0.4) is 0 Å². The number of hydrogen-bond donors (Lipinski definition) is 1. The van der Waals surface area contributed by atoms with E-state index < -0.39 is 0 Å². The van der Waals surface area contributed by atoms with E-state index in [1.807, 2.05) is 53.9 Å². The standard InChI is InChI=1S/C15H11NOS/c16-13-9-11-5-2-1-4-10(11)8-12(13)15(17)14-6-3-7-18-14/h1-9H,16H2. The third-order valence-electron chi connectivity index (χ3n) is 2.91. The predicted molar refractivity (Wildman–Crippen MR) is 76.1 cm³/mol. The maximum Gasteiger partial charge on any atom is 0.205 e. The van der Waals surface area contributed by atoms with Gasteiger partial charge in [-0.05, 0) is 34.4 Å². The van der Waals surface area contributed by atoms with Crippen LogP contribution in [0.2, 0.25) is 0 Å². The Hall–Kier alpha value is -2.13. The molecule has 0 saturated heterocycles. The number of fused-ring (bicyclic) bond motifs is 1. The van der Waals surface area contributed by atoms with Gasteiger partial charge in [0.25, 0.3) is 0 Å². The van der Waals surface area contributed by atoms with Crippen LogP contribution in [0.15, 0.2) is 53.9 Å². The molecule has 0 unspecified atom stereocenters. The molecule has 0 fully saturated rings. The number of anilines is 1. The Morgan fingerprint density at radius 2 is 1.72 bits per heavy atom. The van der Waals surface area contributed by atoms with Gasteiger partial charge in [0.15, 0.2) is 0 Å². The molecule has 2 aromatic carbocycles. The fourth-order valence-corrected chi connectivity index (χ4v) is 2.67. The van der Waals surface area contributed by atoms with E-state index in [-0.39, 0.29) is 5.78 Å². The molecule has 0 atom stereocenters. The third kappa shape index (κ3) is 1.79. The van der Waals surface area contributed by atoms with Crippen molar-refractivity contribution in [3.05, 3.63) is 64.4 Å². The van der Waals surface area contributed by atoms with E-state index in [4.69, 9.17) is 5.73 Å². The Morgan fingerprint density at radius 1 is 1.00 bits per heavy atom. The molecule has 3 heteroatoms. The molecule has 3 aromatic rings. The second-order valence-corrected chi connectivity index (χ2v) is 5.04. The van der Waals surface area contributed by atoms with Crippen molar-refractivity contribution in [1.82, 2.24) is 0 Å².